The molecule has 0 saturated carbocycles. The molecule has 0 amide bonds. The zero-order valence-electron chi connectivity index (χ0n) is 18.8. The number of aromatic nitrogens is 4. The lowest BCUT2D eigenvalue weighted by Gasteiger charge is -2.19. The van der Waals surface area contributed by atoms with Crippen molar-refractivity contribution in [2.75, 3.05) is 11.9 Å². The highest BCUT2D eigenvalue weighted by atomic mass is 16.5. The number of benzene rings is 2. The Labute approximate surface area is 188 Å². The Morgan fingerprint density at radius 3 is 2.47 bits per heavy atom. The molecule has 6 nitrogen and oxygen atoms in total. The van der Waals surface area contributed by atoms with Crippen molar-refractivity contribution in [2.45, 2.75) is 46.5 Å². The summed E-state index contributed by atoms with van der Waals surface area (Å²) in [6, 6.07) is 14.4. The van der Waals surface area contributed by atoms with E-state index in [0.29, 0.717) is 18.5 Å². The normalized spacial score (nSPS) is 13.1. The Morgan fingerprint density at radius 1 is 0.875 bits per heavy atom. The van der Waals surface area contributed by atoms with E-state index in [0.717, 1.165) is 58.6 Å². The maximum atomic E-state index is 5.62. The van der Waals surface area contributed by atoms with Crippen LogP contribution in [0, 0.1) is 13.8 Å². The lowest BCUT2D eigenvalue weighted by Crippen LogP contribution is -2.12. The molecule has 1 aliphatic carbocycles. The molecule has 0 saturated heterocycles. The lowest BCUT2D eigenvalue weighted by atomic mass is 9.92. The highest BCUT2D eigenvalue weighted by Crippen LogP contribution is 2.31. The minimum absolute atomic E-state index is 0.504. The molecule has 32 heavy (non-hydrogen) atoms. The second-order valence-electron chi connectivity index (χ2n) is 8.26. The minimum atomic E-state index is 0.504. The molecule has 1 aliphatic rings. The van der Waals surface area contributed by atoms with Crippen molar-refractivity contribution in [3.63, 3.8) is 0 Å². The van der Waals surface area contributed by atoms with Gasteiger partial charge in [0, 0.05) is 22.2 Å². The van der Waals surface area contributed by atoms with Crippen molar-refractivity contribution in [2.24, 2.45) is 0 Å². The van der Waals surface area contributed by atoms with Crippen molar-refractivity contribution in [1.29, 1.82) is 0 Å². The Morgan fingerprint density at radius 2 is 1.66 bits per heavy atom. The number of nitrogens with zero attached hydrogens (tertiary/aromatic N) is 4. The summed E-state index contributed by atoms with van der Waals surface area (Å²) in [5.41, 5.74) is 7.51. The van der Waals surface area contributed by atoms with Gasteiger partial charge in [0.2, 0.25) is 11.9 Å². The molecule has 0 fully saturated rings. The predicted octanol–water partition coefficient (Wildman–Crippen LogP) is 5.72. The van der Waals surface area contributed by atoms with Gasteiger partial charge in [-0.25, -0.2) is 19.9 Å². The average Bonchev–Trinajstić information content (AvgIpc) is 2.80. The molecule has 0 atom stereocenters. The fourth-order valence-electron chi connectivity index (χ4n) is 4.27. The topological polar surface area (TPSA) is 72.8 Å². The average molecular weight is 426 g/mol. The van der Waals surface area contributed by atoms with Crippen LogP contribution in [0.5, 0.6) is 5.75 Å². The number of hydrogen-bond donors (Lipinski definition) is 1. The van der Waals surface area contributed by atoms with Crippen LogP contribution in [0.2, 0.25) is 0 Å². The number of nitrogens with one attached hydrogen (secondary N) is 1. The molecule has 0 unspecified atom stereocenters. The third-order valence-electron chi connectivity index (χ3n) is 5.90. The van der Waals surface area contributed by atoms with E-state index in [4.69, 9.17) is 19.7 Å². The maximum Gasteiger partial charge on any atom is 0.230 e. The van der Waals surface area contributed by atoms with E-state index in [9.17, 15) is 0 Å². The monoisotopic (exact) mass is 425 g/mol. The fourth-order valence-corrected chi connectivity index (χ4v) is 4.27. The van der Waals surface area contributed by atoms with Crippen LogP contribution in [0.1, 0.15) is 42.3 Å². The molecule has 1 N–H and O–H groups in total. The zero-order valence-corrected chi connectivity index (χ0v) is 18.8. The Balaban J connectivity index is 1.54. The number of rotatable bonds is 5. The standard InChI is InChI=1S/C26H27N5O/c1-4-32-19-13-14-23-21(15-19)17(3)27-25(29-23)31-26-28-22-8-6-5-7-20(22)24(30-26)18-11-9-16(2)10-12-18/h9-15H,4-8H2,1-3H3,(H,27,28,29,30,31). The molecule has 2 heterocycles. The van der Waals surface area contributed by atoms with Crippen LogP contribution in [-0.4, -0.2) is 26.5 Å². The van der Waals surface area contributed by atoms with Gasteiger partial charge in [-0.05, 0) is 64.7 Å². The summed E-state index contributed by atoms with van der Waals surface area (Å²) in [5, 5.41) is 4.25. The van der Waals surface area contributed by atoms with Crippen molar-refractivity contribution in [1.82, 2.24) is 19.9 Å². The van der Waals surface area contributed by atoms with Crippen molar-refractivity contribution >= 4 is 22.8 Å². The van der Waals surface area contributed by atoms with Crippen molar-refractivity contribution in [3.8, 4) is 17.0 Å². The lowest BCUT2D eigenvalue weighted by molar-refractivity contribution is 0.340. The van der Waals surface area contributed by atoms with Crippen LogP contribution in [0.15, 0.2) is 42.5 Å². The van der Waals surface area contributed by atoms with Crippen LogP contribution in [-0.2, 0) is 12.8 Å². The first-order chi connectivity index (χ1) is 15.6. The quantitative estimate of drug-likeness (QED) is 0.441. The van der Waals surface area contributed by atoms with Gasteiger partial charge < -0.3 is 4.74 Å². The molecule has 5 rings (SSSR count). The van der Waals surface area contributed by atoms with E-state index in [1.165, 1.54) is 17.5 Å². The van der Waals surface area contributed by atoms with E-state index in [-0.39, 0.29) is 0 Å². The van der Waals surface area contributed by atoms with Gasteiger partial charge in [-0.15, -0.1) is 0 Å². The van der Waals surface area contributed by atoms with E-state index in [2.05, 4.69) is 41.5 Å². The second kappa shape index (κ2) is 8.54. The summed E-state index contributed by atoms with van der Waals surface area (Å²) in [6.45, 7) is 6.69. The van der Waals surface area contributed by atoms with Gasteiger partial charge in [0.25, 0.3) is 0 Å². The summed E-state index contributed by atoms with van der Waals surface area (Å²) < 4.78 is 5.62. The van der Waals surface area contributed by atoms with Gasteiger partial charge >= 0.3 is 0 Å². The van der Waals surface area contributed by atoms with E-state index in [1.54, 1.807) is 0 Å². The highest BCUT2D eigenvalue weighted by molar-refractivity contribution is 5.83. The molecule has 6 heteroatoms. The summed E-state index contributed by atoms with van der Waals surface area (Å²) in [5.74, 6) is 1.88. The van der Waals surface area contributed by atoms with Gasteiger partial charge in [0.1, 0.15) is 5.75 Å². The summed E-state index contributed by atoms with van der Waals surface area (Å²) in [4.78, 5) is 19.1. The Hall–Kier alpha value is -3.54. The van der Waals surface area contributed by atoms with E-state index < -0.39 is 0 Å². The van der Waals surface area contributed by atoms with E-state index >= 15 is 0 Å². The number of ether oxygens (including phenoxy) is 1. The molecule has 2 aromatic heterocycles. The van der Waals surface area contributed by atoms with Crippen LogP contribution in [0.3, 0.4) is 0 Å². The highest BCUT2D eigenvalue weighted by Gasteiger charge is 2.19. The van der Waals surface area contributed by atoms with Crippen LogP contribution in [0.25, 0.3) is 22.2 Å². The number of aryl methyl sites for hydroxylation is 3. The molecule has 2 aromatic carbocycles. The van der Waals surface area contributed by atoms with Crippen molar-refractivity contribution in [3.05, 3.63) is 65.0 Å². The first kappa shape index (κ1) is 20.4. The molecule has 0 aliphatic heterocycles. The molecular formula is C26H27N5O. The third-order valence-corrected chi connectivity index (χ3v) is 5.90. The van der Waals surface area contributed by atoms with Crippen LogP contribution in [0.4, 0.5) is 11.9 Å². The molecular weight excluding hydrogens is 398 g/mol. The van der Waals surface area contributed by atoms with Crippen LogP contribution < -0.4 is 10.1 Å². The number of hydrogen-bond acceptors (Lipinski definition) is 6. The summed E-state index contributed by atoms with van der Waals surface area (Å²) >= 11 is 0. The SMILES string of the molecule is CCOc1ccc2nc(Nc3nc4c(c(-c5ccc(C)cc5)n3)CCCC4)nc(C)c2c1. The zero-order chi connectivity index (χ0) is 22.1. The Bertz CT molecular complexity index is 1280. The molecule has 4 aromatic rings. The van der Waals surface area contributed by atoms with Gasteiger partial charge in [-0.1, -0.05) is 29.8 Å². The molecule has 0 spiro atoms. The molecule has 162 valence electrons. The Kier molecular flexibility index (Phi) is 5.43. The maximum absolute atomic E-state index is 5.62. The minimum Gasteiger partial charge on any atom is -0.494 e. The van der Waals surface area contributed by atoms with Crippen LogP contribution >= 0.6 is 0 Å². The van der Waals surface area contributed by atoms with Gasteiger partial charge in [0.15, 0.2) is 0 Å². The van der Waals surface area contributed by atoms with Gasteiger partial charge in [0.05, 0.1) is 23.5 Å². The van der Waals surface area contributed by atoms with Gasteiger partial charge in [-0.3, -0.25) is 5.32 Å². The van der Waals surface area contributed by atoms with E-state index in [1.807, 2.05) is 32.0 Å². The van der Waals surface area contributed by atoms with Crippen molar-refractivity contribution < 1.29 is 4.74 Å². The first-order valence-corrected chi connectivity index (χ1v) is 11.3. The summed E-state index contributed by atoms with van der Waals surface area (Å²) in [6.07, 6.45) is 4.33. The van der Waals surface area contributed by atoms with Gasteiger partial charge in [-0.2, -0.15) is 0 Å². The summed E-state index contributed by atoms with van der Waals surface area (Å²) in [7, 11) is 0. The molecule has 0 bridgehead atoms. The fraction of sp³-hybridized carbons (Fsp3) is 0.308. The second-order valence-corrected chi connectivity index (χ2v) is 8.26. The predicted molar refractivity (Wildman–Crippen MR) is 128 cm³/mol. The molecule has 0 radical (unpaired) electrons. The number of fused-ring (bicyclic) bond motifs is 2. The number of anilines is 2. The third kappa shape index (κ3) is 4.00. The smallest absolute Gasteiger partial charge is 0.230 e. The first-order valence-electron chi connectivity index (χ1n) is 11.3. The largest absolute Gasteiger partial charge is 0.494 e.